The lowest BCUT2D eigenvalue weighted by molar-refractivity contribution is 0.616. The summed E-state index contributed by atoms with van der Waals surface area (Å²) in [5.74, 6) is 0.405. The van der Waals surface area contributed by atoms with E-state index in [1.165, 1.54) is 6.34 Å². The van der Waals surface area contributed by atoms with Crippen molar-refractivity contribution in [2.75, 3.05) is 19.8 Å². The number of hydrogen-bond acceptors (Lipinski definition) is 2. The van der Waals surface area contributed by atoms with Gasteiger partial charge in [0.15, 0.2) is 5.96 Å². The van der Waals surface area contributed by atoms with Crippen LogP contribution in [0.4, 0.5) is 11.4 Å². The molecule has 0 bridgehead atoms. The second-order valence-corrected chi connectivity index (χ2v) is 3.22. The first-order valence-electron chi connectivity index (χ1n) is 4.48. The molecule has 0 fully saturated rings. The maximum atomic E-state index is 5.60. The first-order valence-corrected chi connectivity index (χ1v) is 4.48. The van der Waals surface area contributed by atoms with Crippen LogP contribution in [-0.2, 0) is 0 Å². The molecular weight excluding hydrogens is 190 g/mol. The maximum absolute atomic E-state index is 5.60. The van der Waals surface area contributed by atoms with Crippen LogP contribution in [0.2, 0.25) is 0 Å². The van der Waals surface area contributed by atoms with Crippen molar-refractivity contribution in [3.63, 3.8) is 0 Å². The number of hydrogen-bond donors (Lipinski definition) is 2. The summed E-state index contributed by atoms with van der Waals surface area (Å²) in [6, 6.07) is 7.24. The zero-order valence-corrected chi connectivity index (χ0v) is 8.88. The molecule has 0 heterocycles. The van der Waals surface area contributed by atoms with Crippen molar-refractivity contribution in [2.24, 2.45) is 15.7 Å². The molecule has 0 unspecified atom stereocenters. The summed E-state index contributed by atoms with van der Waals surface area (Å²) in [4.78, 5) is 9.73. The Bertz CT molecular complexity index is 381. The van der Waals surface area contributed by atoms with Gasteiger partial charge in [0.2, 0.25) is 0 Å². The number of nitrogens with two attached hydrogens (primary N) is 2. The van der Waals surface area contributed by atoms with Crippen molar-refractivity contribution in [2.45, 2.75) is 0 Å². The second-order valence-electron chi connectivity index (χ2n) is 3.22. The molecule has 5 nitrogen and oxygen atoms in total. The minimum Gasteiger partial charge on any atom is -0.399 e. The van der Waals surface area contributed by atoms with E-state index in [1.54, 1.807) is 17.0 Å². The van der Waals surface area contributed by atoms with Gasteiger partial charge in [0.1, 0.15) is 6.34 Å². The van der Waals surface area contributed by atoms with E-state index in [4.69, 9.17) is 11.5 Å². The highest BCUT2D eigenvalue weighted by Crippen LogP contribution is 2.14. The minimum absolute atomic E-state index is 0.405. The number of nitrogen functional groups attached to an aromatic ring is 1. The molecule has 0 saturated carbocycles. The Kier molecular flexibility index (Phi) is 3.68. The molecule has 1 aromatic carbocycles. The van der Waals surface area contributed by atoms with Crippen LogP contribution in [0.15, 0.2) is 34.3 Å². The summed E-state index contributed by atoms with van der Waals surface area (Å²) in [7, 11) is 3.63. The molecule has 80 valence electrons. The number of benzene rings is 1. The van der Waals surface area contributed by atoms with Gasteiger partial charge < -0.3 is 16.4 Å². The van der Waals surface area contributed by atoms with Gasteiger partial charge in [-0.2, -0.15) is 0 Å². The zero-order chi connectivity index (χ0) is 11.3. The molecule has 0 atom stereocenters. The summed E-state index contributed by atoms with van der Waals surface area (Å²) >= 11 is 0. The summed E-state index contributed by atoms with van der Waals surface area (Å²) in [6.45, 7) is 0. The topological polar surface area (TPSA) is 80.0 Å². The molecule has 0 aliphatic heterocycles. The van der Waals surface area contributed by atoms with Gasteiger partial charge in [-0.1, -0.05) is 6.07 Å². The van der Waals surface area contributed by atoms with Gasteiger partial charge in [0.05, 0.1) is 5.69 Å². The van der Waals surface area contributed by atoms with E-state index in [0.29, 0.717) is 11.6 Å². The summed E-state index contributed by atoms with van der Waals surface area (Å²) in [5.41, 5.74) is 12.6. The van der Waals surface area contributed by atoms with E-state index in [9.17, 15) is 0 Å². The van der Waals surface area contributed by atoms with Crippen LogP contribution in [0.25, 0.3) is 0 Å². The second kappa shape index (κ2) is 4.99. The third-order valence-corrected chi connectivity index (χ3v) is 1.73. The van der Waals surface area contributed by atoms with E-state index in [-0.39, 0.29) is 0 Å². The Balaban J connectivity index is 2.70. The highest BCUT2D eigenvalue weighted by atomic mass is 15.2. The van der Waals surface area contributed by atoms with Gasteiger partial charge in [-0.15, -0.1) is 0 Å². The summed E-state index contributed by atoms with van der Waals surface area (Å²) in [5, 5.41) is 0. The van der Waals surface area contributed by atoms with Gasteiger partial charge >= 0.3 is 0 Å². The lowest BCUT2D eigenvalue weighted by Crippen LogP contribution is -2.30. The van der Waals surface area contributed by atoms with Crippen LogP contribution >= 0.6 is 0 Å². The summed E-state index contributed by atoms with van der Waals surface area (Å²) in [6.07, 6.45) is 1.41. The molecule has 0 saturated heterocycles. The van der Waals surface area contributed by atoms with Crippen molar-refractivity contribution in [3.05, 3.63) is 24.3 Å². The number of aliphatic imine (C=N–C) groups is 2. The monoisotopic (exact) mass is 205 g/mol. The fraction of sp³-hybridized carbons (Fsp3) is 0.200. The predicted molar refractivity (Wildman–Crippen MR) is 64.3 cm³/mol. The van der Waals surface area contributed by atoms with E-state index < -0.39 is 0 Å². The van der Waals surface area contributed by atoms with Gasteiger partial charge in [-0.3, -0.25) is 0 Å². The van der Waals surface area contributed by atoms with Gasteiger partial charge in [-0.05, 0) is 18.2 Å². The molecular formula is C10H15N5. The van der Waals surface area contributed by atoms with Gasteiger partial charge in [0, 0.05) is 19.8 Å². The number of guanidine groups is 1. The highest BCUT2D eigenvalue weighted by molar-refractivity contribution is 5.85. The largest absolute Gasteiger partial charge is 0.399 e. The highest BCUT2D eigenvalue weighted by Gasteiger charge is 1.91. The molecule has 0 amide bonds. The van der Waals surface area contributed by atoms with Crippen LogP contribution < -0.4 is 11.5 Å². The number of anilines is 1. The Morgan fingerprint density at radius 2 is 2.13 bits per heavy atom. The zero-order valence-electron chi connectivity index (χ0n) is 8.88. The maximum Gasteiger partial charge on any atom is 0.196 e. The van der Waals surface area contributed by atoms with Crippen molar-refractivity contribution in [1.82, 2.24) is 4.90 Å². The smallest absolute Gasteiger partial charge is 0.196 e. The molecule has 1 rings (SSSR count). The van der Waals surface area contributed by atoms with Crippen molar-refractivity contribution in [1.29, 1.82) is 0 Å². The molecule has 0 spiro atoms. The lowest BCUT2D eigenvalue weighted by Gasteiger charge is -2.08. The molecule has 5 heteroatoms. The van der Waals surface area contributed by atoms with Crippen LogP contribution in [0, 0.1) is 0 Å². The Hall–Kier alpha value is -2.04. The average molecular weight is 205 g/mol. The third-order valence-electron chi connectivity index (χ3n) is 1.73. The quantitative estimate of drug-likeness (QED) is 0.426. The Morgan fingerprint density at radius 3 is 2.73 bits per heavy atom. The number of nitrogens with zero attached hydrogens (tertiary/aromatic N) is 3. The SMILES string of the molecule is CN(C)C(N)=NC=Nc1cccc(N)c1. The van der Waals surface area contributed by atoms with Crippen LogP contribution in [0.1, 0.15) is 0 Å². The van der Waals surface area contributed by atoms with Crippen LogP contribution in [-0.4, -0.2) is 31.3 Å². The van der Waals surface area contributed by atoms with E-state index in [1.807, 2.05) is 26.2 Å². The van der Waals surface area contributed by atoms with E-state index in [0.717, 1.165) is 5.69 Å². The fourth-order valence-electron chi connectivity index (χ4n) is 0.875. The van der Waals surface area contributed by atoms with E-state index >= 15 is 0 Å². The minimum atomic E-state index is 0.405. The van der Waals surface area contributed by atoms with Crippen molar-refractivity contribution < 1.29 is 0 Å². The molecule has 0 aliphatic rings. The first kappa shape index (κ1) is 11.0. The summed E-state index contributed by atoms with van der Waals surface area (Å²) < 4.78 is 0. The van der Waals surface area contributed by atoms with Gasteiger partial charge in [0.25, 0.3) is 0 Å². The van der Waals surface area contributed by atoms with E-state index in [2.05, 4.69) is 9.98 Å². The van der Waals surface area contributed by atoms with Gasteiger partial charge in [-0.25, -0.2) is 9.98 Å². The van der Waals surface area contributed by atoms with Crippen LogP contribution in [0.5, 0.6) is 0 Å². The Morgan fingerprint density at radius 1 is 1.40 bits per heavy atom. The molecule has 15 heavy (non-hydrogen) atoms. The van der Waals surface area contributed by atoms with Crippen molar-refractivity contribution in [3.8, 4) is 0 Å². The van der Waals surface area contributed by atoms with Crippen LogP contribution in [0.3, 0.4) is 0 Å². The fourth-order valence-corrected chi connectivity index (χ4v) is 0.875. The van der Waals surface area contributed by atoms with Crippen molar-refractivity contribution >= 4 is 23.7 Å². The normalized spacial score (nSPS) is 12.0. The molecule has 1 aromatic rings. The molecule has 0 aromatic heterocycles. The molecule has 0 radical (unpaired) electrons. The Labute approximate surface area is 89.1 Å². The average Bonchev–Trinajstić information content (AvgIpc) is 2.17. The first-order chi connectivity index (χ1) is 7.09. The predicted octanol–water partition coefficient (Wildman–Crippen LogP) is 0.805. The third kappa shape index (κ3) is 3.68. The molecule has 4 N–H and O–H groups in total. The lowest BCUT2D eigenvalue weighted by atomic mass is 10.3. The molecule has 0 aliphatic carbocycles. The number of rotatable bonds is 2. The standard InChI is InChI=1S/C10H15N5/c1-15(2)10(12)14-7-13-9-5-3-4-8(11)6-9/h3-7H,11H2,1-2H3,(H2,12,13,14).